The number of hydrogen-bond acceptors (Lipinski definition) is 5. The molecule has 0 aromatic carbocycles. The number of rotatable bonds is 8. The van der Waals surface area contributed by atoms with Gasteiger partial charge in [-0.1, -0.05) is 24.8 Å². The third-order valence-electron chi connectivity index (χ3n) is 2.33. The van der Waals surface area contributed by atoms with Gasteiger partial charge < -0.3 is 14.8 Å². The lowest BCUT2D eigenvalue weighted by Crippen LogP contribution is -2.60. The Kier molecular flexibility index (Phi) is 7.96. The lowest BCUT2D eigenvalue weighted by Gasteiger charge is -2.28. The Balaban J connectivity index is 5.53. The third kappa shape index (κ3) is 4.87. The molecule has 1 amide bonds. The molecule has 0 aliphatic heterocycles. The van der Waals surface area contributed by atoms with Gasteiger partial charge in [0.05, 0.1) is 13.2 Å². The van der Waals surface area contributed by atoms with Crippen LogP contribution in [0, 0.1) is 0 Å². The molecular weight excluding hydrogens is 262 g/mol. The van der Waals surface area contributed by atoms with Crippen LogP contribution in [0.25, 0.3) is 0 Å². The first-order valence-corrected chi connectivity index (χ1v) is 6.35. The van der Waals surface area contributed by atoms with E-state index in [1.807, 2.05) is 0 Å². The average molecular weight is 283 g/mol. The summed E-state index contributed by atoms with van der Waals surface area (Å²) in [6.45, 7) is 8.11. The fourth-order valence-corrected chi connectivity index (χ4v) is 1.55. The monoisotopic (exact) mass is 283 g/mol. The molecule has 0 bridgehead atoms. The number of amides is 1. The fraction of sp³-hybridized carbons (Fsp3) is 0.500. The zero-order valence-electron chi connectivity index (χ0n) is 12.1. The number of nitrogens with one attached hydrogen (secondary N) is 1. The van der Waals surface area contributed by atoms with Crippen LogP contribution in [0.3, 0.4) is 0 Å². The maximum atomic E-state index is 12.1. The van der Waals surface area contributed by atoms with Crippen molar-refractivity contribution >= 4 is 17.8 Å². The first-order chi connectivity index (χ1) is 9.44. The highest BCUT2D eigenvalue weighted by molar-refractivity contribution is 6.07. The number of ether oxygens (including phenoxy) is 2. The minimum Gasteiger partial charge on any atom is -0.464 e. The van der Waals surface area contributed by atoms with Crippen molar-refractivity contribution in [1.82, 2.24) is 5.32 Å². The molecule has 0 spiro atoms. The summed E-state index contributed by atoms with van der Waals surface area (Å²) in [6, 6.07) is 0. The largest absolute Gasteiger partial charge is 0.464 e. The normalized spacial score (nSPS) is 10.9. The summed E-state index contributed by atoms with van der Waals surface area (Å²) in [4.78, 5) is 35.6. The molecule has 0 saturated carbocycles. The summed E-state index contributed by atoms with van der Waals surface area (Å²) in [5.41, 5.74) is -1.86. The summed E-state index contributed by atoms with van der Waals surface area (Å²) >= 11 is 0. The van der Waals surface area contributed by atoms with Crippen LogP contribution in [0.2, 0.25) is 0 Å². The van der Waals surface area contributed by atoms with Gasteiger partial charge in [0, 0.05) is 13.3 Å². The van der Waals surface area contributed by atoms with Crippen molar-refractivity contribution in [1.29, 1.82) is 0 Å². The Bertz CT molecular complexity index is 382. The van der Waals surface area contributed by atoms with Gasteiger partial charge in [0.25, 0.3) is 0 Å². The van der Waals surface area contributed by atoms with E-state index in [4.69, 9.17) is 9.47 Å². The first-order valence-electron chi connectivity index (χ1n) is 6.35. The van der Waals surface area contributed by atoms with Crippen LogP contribution in [0.1, 0.15) is 27.2 Å². The summed E-state index contributed by atoms with van der Waals surface area (Å²) in [6.07, 6.45) is 4.52. The van der Waals surface area contributed by atoms with Crippen LogP contribution >= 0.6 is 0 Å². The molecule has 0 atom stereocenters. The zero-order valence-corrected chi connectivity index (χ0v) is 12.1. The second kappa shape index (κ2) is 8.90. The van der Waals surface area contributed by atoms with Crippen LogP contribution in [0.5, 0.6) is 0 Å². The van der Waals surface area contributed by atoms with Crippen molar-refractivity contribution in [2.75, 3.05) is 13.2 Å². The van der Waals surface area contributed by atoms with E-state index in [1.54, 1.807) is 19.9 Å². The van der Waals surface area contributed by atoms with Crippen molar-refractivity contribution < 1.29 is 23.9 Å². The predicted octanol–water partition coefficient (Wildman–Crippen LogP) is 1.12. The van der Waals surface area contributed by atoms with Crippen molar-refractivity contribution in [2.45, 2.75) is 32.7 Å². The molecule has 20 heavy (non-hydrogen) atoms. The number of esters is 2. The Labute approximate surface area is 118 Å². The highest BCUT2D eigenvalue weighted by Gasteiger charge is 2.49. The van der Waals surface area contributed by atoms with E-state index in [9.17, 15) is 14.4 Å². The van der Waals surface area contributed by atoms with Crippen molar-refractivity contribution in [3.63, 3.8) is 0 Å². The molecule has 6 nitrogen and oxygen atoms in total. The number of allylic oxidation sites excluding steroid dienone is 2. The Hall–Kier alpha value is -2.11. The molecule has 0 aromatic rings. The SMILES string of the molecule is C=C/C=C\CC(NC(C)=O)(C(=O)OCC)C(=O)OCC. The Morgan fingerprint density at radius 3 is 2.00 bits per heavy atom. The molecule has 0 fully saturated rings. The van der Waals surface area contributed by atoms with Crippen molar-refractivity contribution in [3.05, 3.63) is 24.8 Å². The van der Waals surface area contributed by atoms with Gasteiger partial charge in [-0.05, 0) is 13.8 Å². The Morgan fingerprint density at radius 2 is 1.65 bits per heavy atom. The quantitative estimate of drug-likeness (QED) is 0.410. The van der Waals surface area contributed by atoms with E-state index in [-0.39, 0.29) is 19.6 Å². The molecule has 0 unspecified atom stereocenters. The summed E-state index contributed by atoms with van der Waals surface area (Å²) in [5, 5.41) is 2.35. The summed E-state index contributed by atoms with van der Waals surface area (Å²) in [5.74, 6) is -2.22. The van der Waals surface area contributed by atoms with Gasteiger partial charge in [-0.25, -0.2) is 9.59 Å². The van der Waals surface area contributed by atoms with Crippen LogP contribution < -0.4 is 5.32 Å². The maximum Gasteiger partial charge on any atom is 0.344 e. The van der Waals surface area contributed by atoms with Crippen LogP contribution in [0.15, 0.2) is 24.8 Å². The average Bonchev–Trinajstić information content (AvgIpc) is 2.37. The molecule has 6 heteroatoms. The van der Waals surface area contributed by atoms with Crippen LogP contribution in [0.4, 0.5) is 0 Å². The second-order valence-electron chi connectivity index (χ2n) is 3.90. The minimum atomic E-state index is -1.86. The Morgan fingerprint density at radius 1 is 1.15 bits per heavy atom. The topological polar surface area (TPSA) is 81.7 Å². The van der Waals surface area contributed by atoms with E-state index in [0.29, 0.717) is 0 Å². The predicted molar refractivity (Wildman–Crippen MR) is 73.8 cm³/mol. The second-order valence-corrected chi connectivity index (χ2v) is 3.90. The molecule has 112 valence electrons. The van der Waals surface area contributed by atoms with Gasteiger partial charge in [-0.3, -0.25) is 4.79 Å². The van der Waals surface area contributed by atoms with Gasteiger partial charge in [0.15, 0.2) is 0 Å². The van der Waals surface area contributed by atoms with Crippen LogP contribution in [-0.2, 0) is 23.9 Å². The fourth-order valence-electron chi connectivity index (χ4n) is 1.55. The van der Waals surface area contributed by atoms with E-state index < -0.39 is 23.4 Å². The molecule has 0 radical (unpaired) electrons. The van der Waals surface area contributed by atoms with Gasteiger partial charge in [0.1, 0.15) is 0 Å². The van der Waals surface area contributed by atoms with E-state index in [1.165, 1.54) is 19.1 Å². The zero-order chi connectivity index (χ0) is 15.6. The van der Waals surface area contributed by atoms with E-state index >= 15 is 0 Å². The molecule has 1 N–H and O–H groups in total. The standard InChI is InChI=1S/C14H21NO5/c1-5-8-9-10-14(15-11(4)16,12(17)19-6-2)13(18)20-7-3/h5,8-9H,1,6-7,10H2,2-4H3,(H,15,16)/b9-8-. The van der Waals surface area contributed by atoms with Crippen molar-refractivity contribution in [3.8, 4) is 0 Å². The molecular formula is C14H21NO5. The number of carbonyl (C=O) groups is 3. The highest BCUT2D eigenvalue weighted by Crippen LogP contribution is 2.17. The molecule has 0 aliphatic carbocycles. The smallest absolute Gasteiger partial charge is 0.344 e. The first kappa shape index (κ1) is 17.9. The van der Waals surface area contributed by atoms with Gasteiger partial charge in [-0.2, -0.15) is 0 Å². The molecule has 0 aliphatic rings. The maximum absolute atomic E-state index is 12.1. The minimum absolute atomic E-state index is 0.0731. The lowest BCUT2D eigenvalue weighted by atomic mass is 9.94. The van der Waals surface area contributed by atoms with E-state index in [0.717, 1.165) is 0 Å². The summed E-state index contributed by atoms with van der Waals surface area (Å²) in [7, 11) is 0. The number of carbonyl (C=O) groups excluding carboxylic acids is 3. The van der Waals surface area contributed by atoms with Gasteiger partial charge >= 0.3 is 11.9 Å². The lowest BCUT2D eigenvalue weighted by molar-refractivity contribution is -0.167. The van der Waals surface area contributed by atoms with E-state index in [2.05, 4.69) is 11.9 Å². The van der Waals surface area contributed by atoms with Crippen molar-refractivity contribution in [2.24, 2.45) is 0 Å². The molecule has 0 rings (SSSR count). The molecule has 0 saturated heterocycles. The third-order valence-corrected chi connectivity index (χ3v) is 2.33. The molecule has 0 heterocycles. The van der Waals surface area contributed by atoms with Gasteiger partial charge in [-0.15, -0.1) is 0 Å². The van der Waals surface area contributed by atoms with Crippen LogP contribution in [-0.4, -0.2) is 36.6 Å². The molecule has 0 aromatic heterocycles. The van der Waals surface area contributed by atoms with Gasteiger partial charge in [0.2, 0.25) is 11.4 Å². The summed E-state index contributed by atoms with van der Waals surface area (Å²) < 4.78 is 9.78. The number of hydrogen-bond donors (Lipinski definition) is 1. The highest BCUT2D eigenvalue weighted by atomic mass is 16.6.